The van der Waals surface area contributed by atoms with E-state index in [0.29, 0.717) is 19.5 Å². The Morgan fingerprint density at radius 2 is 2.10 bits per heavy atom. The quantitative estimate of drug-likeness (QED) is 0.505. The van der Waals surface area contributed by atoms with Crippen molar-refractivity contribution in [2.75, 3.05) is 19.6 Å². The molecule has 5 nitrogen and oxygen atoms in total. The van der Waals surface area contributed by atoms with Crippen LogP contribution in [0.4, 0.5) is 0 Å². The van der Waals surface area contributed by atoms with Gasteiger partial charge in [-0.1, -0.05) is 13.0 Å². The normalized spacial score (nSPS) is 11.2. The number of nitrogens with one attached hydrogen (secondary N) is 3. The average Bonchev–Trinajstić information content (AvgIpc) is 2.95. The number of amides is 1. The maximum Gasteiger partial charge on any atom is 0.221 e. The summed E-state index contributed by atoms with van der Waals surface area (Å²) < 4.78 is 0. The van der Waals surface area contributed by atoms with Gasteiger partial charge >= 0.3 is 0 Å². The van der Waals surface area contributed by atoms with E-state index >= 15 is 0 Å². The first-order valence-electron chi connectivity index (χ1n) is 7.07. The standard InChI is InChI=1S/C14H24N4OS/c1-3-8-16-13(19)7-9-17-14(15-4-2)18-11-12-6-5-10-20-12/h5-6,10H,3-4,7-9,11H2,1-2H3,(H,16,19)(H2,15,17,18). The molecule has 1 rings (SSSR count). The molecule has 0 atom stereocenters. The summed E-state index contributed by atoms with van der Waals surface area (Å²) in [7, 11) is 0. The molecule has 0 aliphatic rings. The molecule has 112 valence electrons. The Hall–Kier alpha value is -1.56. The lowest BCUT2D eigenvalue weighted by Gasteiger charge is -2.11. The third-order valence-electron chi connectivity index (χ3n) is 2.53. The van der Waals surface area contributed by atoms with E-state index in [9.17, 15) is 4.79 Å². The molecule has 0 bridgehead atoms. The monoisotopic (exact) mass is 296 g/mol. The largest absolute Gasteiger partial charge is 0.357 e. The highest BCUT2D eigenvalue weighted by atomic mass is 32.1. The van der Waals surface area contributed by atoms with Crippen molar-refractivity contribution in [3.05, 3.63) is 22.4 Å². The minimum absolute atomic E-state index is 0.0773. The maximum atomic E-state index is 11.5. The number of carbonyl (C=O) groups excluding carboxylic acids is 1. The molecule has 1 aromatic rings. The van der Waals surface area contributed by atoms with Gasteiger partial charge in [-0.2, -0.15) is 0 Å². The van der Waals surface area contributed by atoms with E-state index in [1.807, 2.05) is 25.3 Å². The van der Waals surface area contributed by atoms with E-state index in [2.05, 4.69) is 27.0 Å². The number of hydrogen-bond donors (Lipinski definition) is 3. The van der Waals surface area contributed by atoms with Gasteiger partial charge in [0.05, 0.1) is 6.54 Å². The van der Waals surface area contributed by atoms with Gasteiger partial charge in [-0.25, -0.2) is 4.99 Å². The molecule has 1 heterocycles. The smallest absolute Gasteiger partial charge is 0.221 e. The van der Waals surface area contributed by atoms with E-state index in [1.165, 1.54) is 4.88 Å². The van der Waals surface area contributed by atoms with E-state index in [1.54, 1.807) is 11.3 Å². The topological polar surface area (TPSA) is 65.5 Å². The molecular weight excluding hydrogens is 272 g/mol. The fourth-order valence-electron chi connectivity index (χ4n) is 1.55. The molecule has 3 N–H and O–H groups in total. The Labute approximate surface area is 124 Å². The maximum absolute atomic E-state index is 11.5. The van der Waals surface area contributed by atoms with Crippen LogP contribution in [0.2, 0.25) is 0 Å². The summed E-state index contributed by atoms with van der Waals surface area (Å²) >= 11 is 1.69. The van der Waals surface area contributed by atoms with E-state index in [4.69, 9.17) is 0 Å². The molecule has 1 aromatic heterocycles. The van der Waals surface area contributed by atoms with Crippen LogP contribution >= 0.6 is 11.3 Å². The van der Waals surface area contributed by atoms with Gasteiger partial charge in [-0.3, -0.25) is 4.79 Å². The number of thiophene rings is 1. The molecule has 0 aliphatic carbocycles. The summed E-state index contributed by atoms with van der Waals surface area (Å²) in [5.74, 6) is 0.831. The third-order valence-corrected chi connectivity index (χ3v) is 3.40. The predicted octanol–water partition coefficient (Wildman–Crippen LogP) is 1.72. The van der Waals surface area contributed by atoms with Crippen LogP contribution < -0.4 is 16.0 Å². The van der Waals surface area contributed by atoms with Gasteiger partial charge in [0.25, 0.3) is 0 Å². The molecule has 0 fully saturated rings. The minimum atomic E-state index is 0.0773. The SMILES string of the molecule is CCCNC(=O)CCNC(=NCc1cccs1)NCC. The molecule has 0 spiro atoms. The van der Waals surface area contributed by atoms with Crippen molar-refractivity contribution in [3.63, 3.8) is 0 Å². The molecular formula is C14H24N4OS. The second-order valence-electron chi connectivity index (χ2n) is 4.30. The summed E-state index contributed by atoms with van der Waals surface area (Å²) in [6, 6.07) is 4.09. The number of hydrogen-bond acceptors (Lipinski definition) is 3. The second-order valence-corrected chi connectivity index (χ2v) is 5.33. The van der Waals surface area contributed by atoms with Crippen LogP contribution in [0.1, 0.15) is 31.6 Å². The highest BCUT2D eigenvalue weighted by Gasteiger charge is 2.02. The van der Waals surface area contributed by atoms with Crippen LogP contribution in [0.5, 0.6) is 0 Å². The molecule has 0 aliphatic heterocycles. The van der Waals surface area contributed by atoms with Crippen molar-refractivity contribution in [2.45, 2.75) is 33.2 Å². The Balaban J connectivity index is 2.31. The fraction of sp³-hybridized carbons (Fsp3) is 0.571. The second kappa shape index (κ2) is 10.3. The highest BCUT2D eigenvalue weighted by Crippen LogP contribution is 2.09. The predicted molar refractivity (Wildman–Crippen MR) is 85.1 cm³/mol. The van der Waals surface area contributed by atoms with Crippen LogP contribution in [0.15, 0.2) is 22.5 Å². The van der Waals surface area contributed by atoms with Gasteiger partial charge in [-0.05, 0) is 24.8 Å². The summed E-state index contributed by atoms with van der Waals surface area (Å²) in [4.78, 5) is 17.2. The lowest BCUT2D eigenvalue weighted by molar-refractivity contribution is -0.120. The Morgan fingerprint density at radius 1 is 1.25 bits per heavy atom. The fourth-order valence-corrected chi connectivity index (χ4v) is 2.18. The molecule has 1 amide bonds. The third kappa shape index (κ3) is 7.13. The van der Waals surface area contributed by atoms with Gasteiger partial charge < -0.3 is 16.0 Å². The lowest BCUT2D eigenvalue weighted by atomic mass is 10.4. The zero-order valence-corrected chi connectivity index (χ0v) is 13.1. The summed E-state index contributed by atoms with van der Waals surface area (Å²) in [6.45, 7) is 6.86. The van der Waals surface area contributed by atoms with Gasteiger partial charge in [0.15, 0.2) is 5.96 Å². The molecule has 0 unspecified atom stereocenters. The van der Waals surface area contributed by atoms with Gasteiger partial charge in [0.2, 0.25) is 5.91 Å². The number of aliphatic imine (C=N–C) groups is 1. The van der Waals surface area contributed by atoms with Crippen molar-refractivity contribution in [1.29, 1.82) is 0 Å². The number of rotatable bonds is 8. The van der Waals surface area contributed by atoms with E-state index < -0.39 is 0 Å². The molecule has 0 aromatic carbocycles. The van der Waals surface area contributed by atoms with Crippen LogP contribution in [0.25, 0.3) is 0 Å². The van der Waals surface area contributed by atoms with Crippen LogP contribution in [-0.2, 0) is 11.3 Å². The zero-order chi connectivity index (χ0) is 14.6. The van der Waals surface area contributed by atoms with Gasteiger partial charge in [0.1, 0.15) is 0 Å². The van der Waals surface area contributed by atoms with Crippen LogP contribution in [-0.4, -0.2) is 31.5 Å². The van der Waals surface area contributed by atoms with Crippen molar-refractivity contribution in [3.8, 4) is 0 Å². The van der Waals surface area contributed by atoms with Gasteiger partial charge in [-0.15, -0.1) is 11.3 Å². The van der Waals surface area contributed by atoms with Crippen molar-refractivity contribution in [2.24, 2.45) is 4.99 Å². The highest BCUT2D eigenvalue weighted by molar-refractivity contribution is 7.09. The van der Waals surface area contributed by atoms with E-state index in [-0.39, 0.29) is 5.91 Å². The number of guanidine groups is 1. The molecule has 20 heavy (non-hydrogen) atoms. The number of nitrogens with zero attached hydrogens (tertiary/aromatic N) is 1. The summed E-state index contributed by atoms with van der Waals surface area (Å²) in [5.41, 5.74) is 0. The first-order chi connectivity index (χ1) is 9.76. The van der Waals surface area contributed by atoms with Crippen molar-refractivity contribution in [1.82, 2.24) is 16.0 Å². The van der Waals surface area contributed by atoms with Crippen LogP contribution in [0.3, 0.4) is 0 Å². The molecule has 6 heteroatoms. The van der Waals surface area contributed by atoms with Crippen molar-refractivity contribution < 1.29 is 4.79 Å². The first-order valence-corrected chi connectivity index (χ1v) is 7.95. The Bertz CT molecular complexity index is 403. The summed E-state index contributed by atoms with van der Waals surface area (Å²) in [5, 5.41) is 11.2. The zero-order valence-electron chi connectivity index (χ0n) is 12.2. The summed E-state index contributed by atoms with van der Waals surface area (Å²) in [6.07, 6.45) is 1.42. The Kier molecular flexibility index (Phi) is 8.46. The lowest BCUT2D eigenvalue weighted by Crippen LogP contribution is -2.39. The van der Waals surface area contributed by atoms with Crippen LogP contribution in [0, 0.1) is 0 Å². The van der Waals surface area contributed by atoms with E-state index in [0.717, 1.165) is 25.5 Å². The molecule has 0 radical (unpaired) electrons. The van der Waals surface area contributed by atoms with Gasteiger partial charge in [0, 0.05) is 30.9 Å². The van der Waals surface area contributed by atoms with Crippen molar-refractivity contribution >= 4 is 23.2 Å². The first kappa shape index (κ1) is 16.5. The Morgan fingerprint density at radius 3 is 2.75 bits per heavy atom. The molecule has 0 saturated heterocycles. The minimum Gasteiger partial charge on any atom is -0.357 e. The molecule has 0 saturated carbocycles. The average molecular weight is 296 g/mol. The number of carbonyl (C=O) groups is 1.